The van der Waals surface area contributed by atoms with Gasteiger partial charge < -0.3 is 0 Å². The molecule has 2 heteroatoms. The Labute approximate surface area is 169 Å². The van der Waals surface area contributed by atoms with Crippen molar-refractivity contribution in [3.8, 4) is 0 Å². The number of rotatable bonds is 9. The summed E-state index contributed by atoms with van der Waals surface area (Å²) in [6.07, 6.45) is 1.27. The van der Waals surface area contributed by atoms with Gasteiger partial charge in [-0.15, -0.1) is 0 Å². The standard InChI is InChI=1S/C7H16N.3C6H5.Pb/c1-4-7-8(5-2)6-3;3*1-2-4-6-5-3-1;/h1,4-7H2,2-3H3;3*1-5H;. The van der Waals surface area contributed by atoms with Crippen molar-refractivity contribution in [2.24, 2.45) is 0 Å². The minimum atomic E-state index is -3.20. The van der Waals surface area contributed by atoms with Gasteiger partial charge >= 0.3 is 170 Å². The Hall–Kier alpha value is -1.46. The van der Waals surface area contributed by atoms with Crippen LogP contribution >= 0.6 is 0 Å². The van der Waals surface area contributed by atoms with Gasteiger partial charge in [-0.2, -0.15) is 0 Å². The van der Waals surface area contributed by atoms with E-state index < -0.39 is 21.2 Å². The van der Waals surface area contributed by atoms with E-state index >= 15 is 0 Å². The Morgan fingerprint density at radius 3 is 1.30 bits per heavy atom. The van der Waals surface area contributed by atoms with E-state index in [0.29, 0.717) is 0 Å². The molecule has 0 N–H and O–H groups in total. The Balaban J connectivity index is 2.08. The van der Waals surface area contributed by atoms with Crippen LogP contribution in [0.3, 0.4) is 0 Å². The topological polar surface area (TPSA) is 3.24 Å². The van der Waals surface area contributed by atoms with Crippen molar-refractivity contribution in [1.29, 1.82) is 0 Å². The van der Waals surface area contributed by atoms with Gasteiger partial charge in [-0.25, -0.2) is 0 Å². The van der Waals surface area contributed by atoms with Gasteiger partial charge in [-0.3, -0.25) is 0 Å². The van der Waals surface area contributed by atoms with Crippen molar-refractivity contribution in [2.45, 2.75) is 24.2 Å². The molecule has 3 aromatic carbocycles. The molecule has 0 aliphatic carbocycles. The molecule has 3 rings (SSSR count). The fraction of sp³-hybridized carbons (Fsp3) is 0.280. The molecule has 0 spiro atoms. The third-order valence-electron chi connectivity index (χ3n) is 5.72. The molecule has 0 amide bonds. The average Bonchev–Trinajstić information content (AvgIpc) is 2.76. The molecule has 0 saturated heterocycles. The molecule has 0 bridgehead atoms. The zero-order valence-electron chi connectivity index (χ0n) is 16.6. The van der Waals surface area contributed by atoms with E-state index in [4.69, 9.17) is 0 Å². The second-order valence-corrected chi connectivity index (χ2v) is 22.8. The molecular formula is C25H31NPb. The monoisotopic (exact) mass is 553 g/mol. The van der Waals surface area contributed by atoms with E-state index in [2.05, 4.69) is 110 Å². The fourth-order valence-corrected chi connectivity index (χ4v) is 23.0. The molecule has 0 atom stereocenters. The summed E-state index contributed by atoms with van der Waals surface area (Å²) >= 11 is -3.20. The molecule has 27 heavy (non-hydrogen) atoms. The van der Waals surface area contributed by atoms with Crippen molar-refractivity contribution in [3.63, 3.8) is 0 Å². The molecule has 3 aromatic rings. The van der Waals surface area contributed by atoms with Crippen LogP contribution in [0.25, 0.3) is 0 Å². The van der Waals surface area contributed by atoms with E-state index in [0.717, 1.165) is 13.1 Å². The van der Waals surface area contributed by atoms with Gasteiger partial charge in [0.25, 0.3) is 0 Å². The summed E-state index contributed by atoms with van der Waals surface area (Å²) in [4.78, 5) is 2.56. The van der Waals surface area contributed by atoms with Crippen LogP contribution in [0.4, 0.5) is 0 Å². The molecule has 0 unspecified atom stereocenters. The molecule has 0 saturated carbocycles. The number of nitrogens with zero attached hydrogens (tertiary/aromatic N) is 1. The van der Waals surface area contributed by atoms with Crippen LogP contribution in [0.15, 0.2) is 91.0 Å². The second kappa shape index (κ2) is 10.2. The first-order valence-corrected chi connectivity index (χ1v) is 18.8. The van der Waals surface area contributed by atoms with Crippen molar-refractivity contribution in [2.75, 3.05) is 19.6 Å². The van der Waals surface area contributed by atoms with Crippen LogP contribution in [0.2, 0.25) is 3.98 Å². The van der Waals surface area contributed by atoms with E-state index in [1.165, 1.54) is 16.9 Å². The van der Waals surface area contributed by atoms with Gasteiger partial charge in [0, 0.05) is 0 Å². The van der Waals surface area contributed by atoms with Crippen LogP contribution in [-0.2, 0) is 0 Å². The van der Waals surface area contributed by atoms with Crippen LogP contribution in [-0.4, -0.2) is 45.7 Å². The summed E-state index contributed by atoms with van der Waals surface area (Å²) < 4.78 is 6.12. The summed E-state index contributed by atoms with van der Waals surface area (Å²) in [5.74, 6) is 0. The zero-order valence-corrected chi connectivity index (χ0v) is 20.5. The maximum atomic E-state index is 2.56. The molecule has 0 aromatic heterocycles. The van der Waals surface area contributed by atoms with Gasteiger partial charge in [0.15, 0.2) is 0 Å². The molecule has 1 nitrogen and oxygen atoms in total. The molecule has 0 heterocycles. The SMILES string of the molecule is CCN(CC)CC[CH2][Pb]([c]1ccccc1)([c]1ccccc1)[c]1ccccc1. The van der Waals surface area contributed by atoms with Gasteiger partial charge in [0.2, 0.25) is 0 Å². The van der Waals surface area contributed by atoms with Gasteiger partial charge in [-0.05, 0) is 0 Å². The van der Waals surface area contributed by atoms with E-state index in [1.807, 2.05) is 0 Å². The summed E-state index contributed by atoms with van der Waals surface area (Å²) in [6, 6.07) is 34.1. The molecule has 0 aliphatic heterocycles. The Bertz CT molecular complexity index is 686. The molecular weight excluding hydrogens is 521 g/mol. The van der Waals surface area contributed by atoms with Gasteiger partial charge in [0.1, 0.15) is 0 Å². The minimum absolute atomic E-state index is 1.14. The number of hydrogen-bond acceptors (Lipinski definition) is 1. The maximum absolute atomic E-state index is 3.20. The first-order chi connectivity index (χ1) is 13.3. The predicted octanol–water partition coefficient (Wildman–Crippen LogP) is 3.89. The molecule has 0 fully saturated rings. The first-order valence-electron chi connectivity index (χ1n) is 10.2. The van der Waals surface area contributed by atoms with Gasteiger partial charge in [-0.1, -0.05) is 0 Å². The van der Waals surface area contributed by atoms with Crippen LogP contribution < -0.4 is 9.37 Å². The first kappa shape index (κ1) is 20.3. The molecule has 0 aliphatic rings. The number of hydrogen-bond donors (Lipinski definition) is 0. The Morgan fingerprint density at radius 1 is 0.593 bits per heavy atom. The zero-order chi connectivity index (χ0) is 19.0. The van der Waals surface area contributed by atoms with Crippen LogP contribution in [0.5, 0.6) is 0 Å². The summed E-state index contributed by atoms with van der Waals surface area (Å²) in [5, 5.41) is 0. The third-order valence-corrected chi connectivity index (χ3v) is 25.4. The normalized spacial score (nSPS) is 11.7. The Morgan fingerprint density at radius 2 is 0.963 bits per heavy atom. The summed E-state index contributed by atoms with van der Waals surface area (Å²) in [5.41, 5.74) is 0. The Kier molecular flexibility index (Phi) is 7.65. The van der Waals surface area contributed by atoms with Crippen molar-refractivity contribution < 1.29 is 0 Å². The van der Waals surface area contributed by atoms with E-state index in [9.17, 15) is 0 Å². The average molecular weight is 553 g/mol. The third kappa shape index (κ3) is 4.69. The van der Waals surface area contributed by atoms with Crippen LogP contribution in [0, 0.1) is 0 Å². The number of benzene rings is 3. The van der Waals surface area contributed by atoms with Crippen LogP contribution in [0.1, 0.15) is 20.3 Å². The van der Waals surface area contributed by atoms with Crippen molar-refractivity contribution >= 4 is 30.5 Å². The second-order valence-electron chi connectivity index (χ2n) is 7.13. The van der Waals surface area contributed by atoms with E-state index in [1.54, 1.807) is 9.37 Å². The molecule has 140 valence electrons. The quantitative estimate of drug-likeness (QED) is 0.364. The van der Waals surface area contributed by atoms with E-state index in [-0.39, 0.29) is 0 Å². The summed E-state index contributed by atoms with van der Waals surface area (Å²) in [6.45, 7) is 8.02. The fourth-order valence-electron chi connectivity index (χ4n) is 4.21. The predicted molar refractivity (Wildman–Crippen MR) is 121 cm³/mol. The van der Waals surface area contributed by atoms with Crippen molar-refractivity contribution in [1.82, 2.24) is 4.90 Å². The molecule has 0 radical (unpaired) electrons. The van der Waals surface area contributed by atoms with Crippen molar-refractivity contribution in [3.05, 3.63) is 91.0 Å². The van der Waals surface area contributed by atoms with Gasteiger partial charge in [0.05, 0.1) is 0 Å². The summed E-state index contributed by atoms with van der Waals surface area (Å²) in [7, 11) is 0.